The van der Waals surface area contributed by atoms with Crippen LogP contribution in [0.5, 0.6) is 0 Å². The molecule has 27 heavy (non-hydrogen) atoms. The molecule has 0 aromatic carbocycles. The molecule has 0 unspecified atom stereocenters. The number of hydrogen-bond acceptors (Lipinski definition) is 8. The number of cyclic esters (lactones) is 1. The predicted molar refractivity (Wildman–Crippen MR) is 93.1 cm³/mol. The maximum Gasteiger partial charge on any atom is 0.334 e. The predicted octanol–water partition coefficient (Wildman–Crippen LogP) is 0.576. The van der Waals surface area contributed by atoms with Crippen molar-refractivity contribution in [3.63, 3.8) is 0 Å². The number of carbonyl (C=O) groups is 3. The smallest absolute Gasteiger partial charge is 0.334 e. The van der Waals surface area contributed by atoms with Gasteiger partial charge in [-0.15, -0.1) is 0 Å². The topological polar surface area (TPSA) is 119 Å². The van der Waals surface area contributed by atoms with Crippen LogP contribution in [0.2, 0.25) is 0 Å². The molecule has 1 fully saturated rings. The van der Waals surface area contributed by atoms with Gasteiger partial charge in [-0.25, -0.2) is 14.4 Å². The third kappa shape index (κ3) is 3.81. The lowest BCUT2D eigenvalue weighted by Crippen LogP contribution is -2.58. The number of ether oxygens (including phenoxy) is 3. The zero-order valence-electron chi connectivity index (χ0n) is 15.7. The minimum absolute atomic E-state index is 0.0417. The van der Waals surface area contributed by atoms with Gasteiger partial charge in [-0.3, -0.25) is 0 Å². The van der Waals surface area contributed by atoms with Gasteiger partial charge in [0.15, 0.2) is 0 Å². The number of rotatable bonds is 2. The molecule has 0 radical (unpaired) electrons. The average molecular weight is 380 g/mol. The molecule has 0 bridgehead atoms. The van der Waals surface area contributed by atoms with Crippen LogP contribution >= 0.6 is 0 Å². The Morgan fingerprint density at radius 1 is 1.30 bits per heavy atom. The molecular weight excluding hydrogens is 356 g/mol. The van der Waals surface area contributed by atoms with Crippen molar-refractivity contribution in [3.05, 3.63) is 36.0 Å². The molecule has 0 aromatic heterocycles. The summed E-state index contributed by atoms with van der Waals surface area (Å²) in [4.78, 5) is 36.4. The first-order valence-corrected chi connectivity index (χ1v) is 8.44. The molecule has 6 atom stereocenters. The molecule has 2 aliphatic rings. The first-order chi connectivity index (χ1) is 12.4. The van der Waals surface area contributed by atoms with E-state index < -0.39 is 53.8 Å². The largest absolute Gasteiger partial charge is 0.456 e. The molecule has 2 aliphatic heterocycles. The van der Waals surface area contributed by atoms with E-state index in [1.54, 1.807) is 0 Å². The van der Waals surface area contributed by atoms with E-state index in [1.807, 2.05) is 0 Å². The van der Waals surface area contributed by atoms with Gasteiger partial charge in [0.05, 0.1) is 5.92 Å². The second-order valence-corrected chi connectivity index (χ2v) is 7.14. The fourth-order valence-electron chi connectivity index (χ4n) is 2.95. The Balaban J connectivity index is 2.61. The molecule has 148 valence electrons. The number of aliphatic hydroxyl groups excluding tert-OH is 1. The molecule has 0 saturated carbocycles. The van der Waals surface area contributed by atoms with Crippen molar-refractivity contribution in [3.8, 4) is 0 Å². The minimum Gasteiger partial charge on any atom is -0.456 e. The number of aliphatic hydroxyl groups is 2. The van der Waals surface area contributed by atoms with E-state index in [4.69, 9.17) is 14.2 Å². The van der Waals surface area contributed by atoms with Crippen LogP contribution in [0.25, 0.3) is 0 Å². The second kappa shape index (κ2) is 7.28. The standard InChI is InChI=1S/C19H24O8/c1-8(2)16(21)27-14-13-10(4)18(23)26-12(13)7-9(3)17(22)25-11(5)19(6,24)15(14)20/h7,11-15,20,24H,1,4H2,2-3,5-6H3/b9-7-/t11-,12-,13-,14-,15-,19-/m0/s1. The van der Waals surface area contributed by atoms with Crippen molar-refractivity contribution in [2.45, 2.75) is 57.7 Å². The van der Waals surface area contributed by atoms with Gasteiger partial charge in [0.2, 0.25) is 0 Å². The van der Waals surface area contributed by atoms with Crippen LogP contribution in [0.4, 0.5) is 0 Å². The fourth-order valence-corrected chi connectivity index (χ4v) is 2.95. The molecule has 2 N–H and O–H groups in total. The maximum atomic E-state index is 12.2. The normalized spacial score (nSPS) is 38.8. The van der Waals surface area contributed by atoms with E-state index in [0.29, 0.717) is 0 Å². The molecule has 0 aliphatic carbocycles. The van der Waals surface area contributed by atoms with Crippen LogP contribution in [0.15, 0.2) is 36.0 Å². The van der Waals surface area contributed by atoms with Gasteiger partial charge in [0, 0.05) is 16.7 Å². The van der Waals surface area contributed by atoms with E-state index in [1.165, 1.54) is 33.8 Å². The number of fused-ring (bicyclic) bond motifs is 1. The first-order valence-electron chi connectivity index (χ1n) is 8.44. The van der Waals surface area contributed by atoms with E-state index in [0.717, 1.165) is 0 Å². The summed E-state index contributed by atoms with van der Waals surface area (Å²) in [6.45, 7) is 12.7. The summed E-state index contributed by atoms with van der Waals surface area (Å²) in [5.74, 6) is -3.31. The maximum absolute atomic E-state index is 12.2. The first kappa shape index (κ1) is 20.9. The Morgan fingerprint density at radius 3 is 2.44 bits per heavy atom. The van der Waals surface area contributed by atoms with Crippen molar-refractivity contribution in [1.82, 2.24) is 0 Å². The summed E-state index contributed by atoms with van der Waals surface area (Å²) in [6, 6.07) is 0. The van der Waals surface area contributed by atoms with Crippen LogP contribution in [-0.2, 0) is 28.6 Å². The van der Waals surface area contributed by atoms with Gasteiger partial charge in [-0.1, -0.05) is 13.2 Å². The summed E-state index contributed by atoms with van der Waals surface area (Å²) in [7, 11) is 0. The lowest BCUT2D eigenvalue weighted by Gasteiger charge is -2.40. The molecule has 0 aromatic rings. The SMILES string of the molecule is C=C(C)C(=O)O[C@H]1[C@H]2C(=C)C(=O)O[C@H]2/C=C(/C)C(=O)O[C@@H](C)[C@](C)(O)[C@H]1O. The summed E-state index contributed by atoms with van der Waals surface area (Å²) in [5, 5.41) is 21.7. The average Bonchev–Trinajstić information content (AvgIpc) is 2.84. The van der Waals surface area contributed by atoms with Crippen LogP contribution in [-0.4, -0.2) is 58.1 Å². The Hall–Kier alpha value is -2.45. The minimum atomic E-state index is -2.00. The highest BCUT2D eigenvalue weighted by Gasteiger charge is 2.54. The molecule has 0 spiro atoms. The van der Waals surface area contributed by atoms with Crippen LogP contribution in [0.1, 0.15) is 27.7 Å². The highest BCUT2D eigenvalue weighted by molar-refractivity contribution is 5.93. The highest BCUT2D eigenvalue weighted by Crippen LogP contribution is 2.38. The number of esters is 3. The zero-order valence-corrected chi connectivity index (χ0v) is 15.7. The van der Waals surface area contributed by atoms with Crippen molar-refractivity contribution < 1.29 is 38.8 Å². The molecule has 1 saturated heterocycles. The van der Waals surface area contributed by atoms with E-state index in [9.17, 15) is 24.6 Å². The van der Waals surface area contributed by atoms with Gasteiger partial charge >= 0.3 is 17.9 Å². The Morgan fingerprint density at radius 2 is 1.89 bits per heavy atom. The second-order valence-electron chi connectivity index (χ2n) is 7.14. The van der Waals surface area contributed by atoms with Gasteiger partial charge in [-0.2, -0.15) is 0 Å². The lowest BCUT2D eigenvalue weighted by atomic mass is 9.79. The van der Waals surface area contributed by atoms with Crippen molar-refractivity contribution in [2.75, 3.05) is 0 Å². The molecular formula is C19H24O8. The van der Waals surface area contributed by atoms with Crippen LogP contribution < -0.4 is 0 Å². The Kier molecular flexibility index (Phi) is 5.63. The van der Waals surface area contributed by atoms with Gasteiger partial charge < -0.3 is 24.4 Å². The summed E-state index contributed by atoms with van der Waals surface area (Å²) in [6.07, 6.45) is -3.92. The monoisotopic (exact) mass is 380 g/mol. The van der Waals surface area contributed by atoms with Crippen molar-refractivity contribution in [2.24, 2.45) is 5.92 Å². The summed E-state index contributed by atoms with van der Waals surface area (Å²) in [5.41, 5.74) is -1.84. The highest BCUT2D eigenvalue weighted by atomic mass is 16.6. The quantitative estimate of drug-likeness (QED) is 0.405. The summed E-state index contributed by atoms with van der Waals surface area (Å²) < 4.78 is 15.8. The molecule has 8 heteroatoms. The Labute approximate surface area is 157 Å². The molecule has 2 heterocycles. The molecule has 8 nitrogen and oxygen atoms in total. The van der Waals surface area contributed by atoms with Crippen LogP contribution in [0.3, 0.4) is 0 Å². The third-order valence-corrected chi connectivity index (χ3v) is 4.96. The van der Waals surface area contributed by atoms with E-state index >= 15 is 0 Å². The molecule has 0 amide bonds. The summed E-state index contributed by atoms with van der Waals surface area (Å²) >= 11 is 0. The van der Waals surface area contributed by atoms with Gasteiger partial charge in [-0.05, 0) is 33.8 Å². The van der Waals surface area contributed by atoms with Gasteiger partial charge in [0.25, 0.3) is 0 Å². The Bertz CT molecular complexity index is 732. The van der Waals surface area contributed by atoms with E-state index in [2.05, 4.69) is 13.2 Å². The zero-order chi connectivity index (χ0) is 20.7. The fraction of sp³-hybridized carbons (Fsp3) is 0.526. The lowest BCUT2D eigenvalue weighted by molar-refractivity contribution is -0.201. The van der Waals surface area contributed by atoms with Crippen molar-refractivity contribution >= 4 is 17.9 Å². The van der Waals surface area contributed by atoms with Crippen LogP contribution in [0, 0.1) is 5.92 Å². The number of carbonyl (C=O) groups excluding carboxylic acids is 3. The van der Waals surface area contributed by atoms with E-state index in [-0.39, 0.29) is 16.7 Å². The third-order valence-electron chi connectivity index (χ3n) is 4.96. The number of hydrogen-bond donors (Lipinski definition) is 2. The molecule has 2 rings (SSSR count). The van der Waals surface area contributed by atoms with Crippen molar-refractivity contribution in [1.29, 1.82) is 0 Å². The van der Waals surface area contributed by atoms with Gasteiger partial charge in [0.1, 0.15) is 30.0 Å².